The summed E-state index contributed by atoms with van der Waals surface area (Å²) < 4.78 is 43.6. The molecule has 0 aliphatic heterocycles. The summed E-state index contributed by atoms with van der Waals surface area (Å²) in [5, 5.41) is -1.19. The maximum Gasteiger partial charge on any atom is 0.426 e. The summed E-state index contributed by atoms with van der Waals surface area (Å²) >= 11 is 5.35. The average Bonchev–Trinajstić information content (AvgIpc) is 3.20. The SMILES string of the molecule is CC1C(c2ccccc2)=CC=CC1COC(=O)C1[C@@H](/C=C(\Cl)C(F)(F)F)C1(C)C. The first-order valence-electron chi connectivity index (χ1n) is 9.58. The Morgan fingerprint density at radius 3 is 2.52 bits per heavy atom. The molecular formula is C23H24ClF3O2. The lowest BCUT2D eigenvalue weighted by atomic mass is 9.81. The van der Waals surface area contributed by atoms with Gasteiger partial charge in [0.25, 0.3) is 0 Å². The molecule has 0 amide bonds. The molecule has 4 atom stereocenters. The van der Waals surface area contributed by atoms with Gasteiger partial charge in [-0.05, 0) is 28.4 Å². The predicted molar refractivity (Wildman–Crippen MR) is 108 cm³/mol. The first-order chi connectivity index (χ1) is 13.5. The third kappa shape index (κ3) is 4.61. The number of halogens is 4. The monoisotopic (exact) mass is 424 g/mol. The van der Waals surface area contributed by atoms with Crippen LogP contribution in [0.4, 0.5) is 13.2 Å². The lowest BCUT2D eigenvalue weighted by molar-refractivity contribution is -0.147. The van der Waals surface area contributed by atoms with Crippen molar-refractivity contribution in [2.24, 2.45) is 29.1 Å². The summed E-state index contributed by atoms with van der Waals surface area (Å²) in [6.45, 7) is 5.77. The van der Waals surface area contributed by atoms with Crippen molar-refractivity contribution in [1.82, 2.24) is 0 Å². The van der Waals surface area contributed by atoms with Crippen LogP contribution in [0.2, 0.25) is 0 Å². The molecule has 29 heavy (non-hydrogen) atoms. The fourth-order valence-electron chi connectivity index (χ4n) is 4.00. The second-order valence-electron chi connectivity index (χ2n) is 8.29. The van der Waals surface area contributed by atoms with Gasteiger partial charge in [-0.15, -0.1) is 0 Å². The van der Waals surface area contributed by atoms with Gasteiger partial charge < -0.3 is 4.74 Å². The molecule has 3 rings (SSSR count). The molecule has 0 spiro atoms. The highest BCUT2D eigenvalue weighted by molar-refractivity contribution is 6.30. The van der Waals surface area contributed by atoms with Crippen molar-refractivity contribution >= 4 is 23.1 Å². The number of allylic oxidation sites excluding steroid dienone is 5. The Hall–Kier alpha value is -2.01. The first kappa shape index (κ1) is 21.7. The molecule has 2 aliphatic rings. The molecule has 3 unspecified atom stereocenters. The fraction of sp³-hybridized carbons (Fsp3) is 0.435. The average molecular weight is 425 g/mol. The number of benzene rings is 1. The first-order valence-corrected chi connectivity index (χ1v) is 9.96. The van der Waals surface area contributed by atoms with Crippen LogP contribution in [0.5, 0.6) is 0 Å². The summed E-state index contributed by atoms with van der Waals surface area (Å²) in [7, 11) is 0. The van der Waals surface area contributed by atoms with E-state index in [4.69, 9.17) is 16.3 Å². The van der Waals surface area contributed by atoms with Gasteiger partial charge in [0.1, 0.15) is 5.03 Å². The third-order valence-electron chi connectivity index (χ3n) is 6.05. The van der Waals surface area contributed by atoms with Crippen LogP contribution in [-0.2, 0) is 9.53 Å². The standard InChI is InChI=1S/C23H24ClF3O2/c1-14-16(10-7-11-17(14)15-8-5-4-6-9-15)13-29-21(28)20-18(22(20,2)3)12-19(24)23(25,26)27/h4-12,14,16,18,20H,13H2,1-3H3/b19-12-/t14?,16?,18-,20?/m1/s1. The van der Waals surface area contributed by atoms with Gasteiger partial charge in [-0.1, -0.05) is 87.0 Å². The lowest BCUT2D eigenvalue weighted by Gasteiger charge is -2.26. The Morgan fingerprint density at radius 2 is 1.90 bits per heavy atom. The number of esters is 1. The van der Waals surface area contributed by atoms with Crippen molar-refractivity contribution in [2.75, 3.05) is 6.61 Å². The van der Waals surface area contributed by atoms with Crippen LogP contribution in [0.3, 0.4) is 0 Å². The van der Waals surface area contributed by atoms with Crippen LogP contribution in [0.1, 0.15) is 26.3 Å². The predicted octanol–water partition coefficient (Wildman–Crippen LogP) is 6.39. The van der Waals surface area contributed by atoms with Gasteiger partial charge in [-0.2, -0.15) is 13.2 Å². The second kappa shape index (κ2) is 8.02. The molecule has 0 bridgehead atoms. The van der Waals surface area contributed by atoms with E-state index in [9.17, 15) is 18.0 Å². The van der Waals surface area contributed by atoms with Gasteiger partial charge in [-0.25, -0.2) is 0 Å². The third-order valence-corrected chi connectivity index (χ3v) is 6.39. The van der Waals surface area contributed by atoms with E-state index in [0.29, 0.717) is 0 Å². The molecule has 2 nitrogen and oxygen atoms in total. The van der Waals surface area contributed by atoms with Gasteiger partial charge in [-0.3, -0.25) is 4.79 Å². The van der Waals surface area contributed by atoms with Crippen LogP contribution < -0.4 is 0 Å². The van der Waals surface area contributed by atoms with E-state index in [0.717, 1.165) is 11.6 Å². The van der Waals surface area contributed by atoms with Crippen LogP contribution in [0.25, 0.3) is 5.57 Å². The van der Waals surface area contributed by atoms with E-state index >= 15 is 0 Å². The van der Waals surface area contributed by atoms with E-state index in [1.165, 1.54) is 5.57 Å². The van der Waals surface area contributed by atoms with Gasteiger partial charge >= 0.3 is 12.1 Å². The number of rotatable bonds is 5. The molecule has 0 aromatic heterocycles. The highest BCUT2D eigenvalue weighted by Gasteiger charge is 2.62. The van der Waals surface area contributed by atoms with Crippen LogP contribution in [0.15, 0.2) is 59.7 Å². The highest BCUT2D eigenvalue weighted by atomic mass is 35.5. The van der Waals surface area contributed by atoms with Crippen LogP contribution >= 0.6 is 11.6 Å². The van der Waals surface area contributed by atoms with Gasteiger partial charge in [0, 0.05) is 5.92 Å². The normalized spacial score (nSPS) is 28.7. The van der Waals surface area contributed by atoms with E-state index in [1.54, 1.807) is 13.8 Å². The molecule has 0 radical (unpaired) electrons. The minimum absolute atomic E-state index is 0.00812. The zero-order valence-electron chi connectivity index (χ0n) is 16.5. The van der Waals surface area contributed by atoms with Crippen LogP contribution in [0, 0.1) is 29.1 Å². The number of alkyl halides is 3. The minimum Gasteiger partial charge on any atom is -0.465 e. The zero-order valence-corrected chi connectivity index (χ0v) is 17.3. The van der Waals surface area contributed by atoms with E-state index < -0.39 is 34.4 Å². The highest BCUT2D eigenvalue weighted by Crippen LogP contribution is 2.60. The molecule has 0 saturated heterocycles. The minimum atomic E-state index is -4.60. The summed E-state index contributed by atoms with van der Waals surface area (Å²) in [5.74, 6) is -1.51. The maximum atomic E-state index is 12.7. The number of hydrogen-bond donors (Lipinski definition) is 0. The van der Waals surface area contributed by atoms with Crippen molar-refractivity contribution in [3.8, 4) is 0 Å². The summed E-state index contributed by atoms with van der Waals surface area (Å²) in [4.78, 5) is 12.5. The number of hydrogen-bond acceptors (Lipinski definition) is 2. The Kier molecular flexibility index (Phi) is 6.00. The Morgan fingerprint density at radius 1 is 1.24 bits per heavy atom. The Balaban J connectivity index is 1.61. The fourth-order valence-corrected chi connectivity index (χ4v) is 4.14. The van der Waals surface area contributed by atoms with Gasteiger partial charge in [0.15, 0.2) is 0 Å². The van der Waals surface area contributed by atoms with Crippen molar-refractivity contribution in [1.29, 1.82) is 0 Å². The molecule has 1 fully saturated rings. The molecule has 1 saturated carbocycles. The second-order valence-corrected chi connectivity index (χ2v) is 8.70. The zero-order chi connectivity index (χ0) is 21.4. The maximum absolute atomic E-state index is 12.7. The largest absolute Gasteiger partial charge is 0.465 e. The number of carbonyl (C=O) groups excluding carboxylic acids is 1. The molecule has 1 aromatic carbocycles. The van der Waals surface area contributed by atoms with Crippen molar-refractivity contribution in [2.45, 2.75) is 26.9 Å². The summed E-state index contributed by atoms with van der Waals surface area (Å²) in [6.07, 6.45) is 2.35. The van der Waals surface area contributed by atoms with E-state index in [2.05, 4.69) is 13.0 Å². The molecule has 6 heteroatoms. The number of ether oxygens (including phenoxy) is 1. The Bertz CT molecular complexity index is 853. The van der Waals surface area contributed by atoms with E-state index in [-0.39, 0.29) is 18.4 Å². The quantitative estimate of drug-likeness (QED) is 0.512. The smallest absolute Gasteiger partial charge is 0.426 e. The molecule has 2 aliphatic carbocycles. The topological polar surface area (TPSA) is 26.3 Å². The molecule has 0 N–H and O–H groups in total. The van der Waals surface area contributed by atoms with Crippen LogP contribution in [-0.4, -0.2) is 18.8 Å². The molecular weight excluding hydrogens is 401 g/mol. The van der Waals surface area contributed by atoms with Gasteiger partial charge in [0.2, 0.25) is 0 Å². The number of carbonyl (C=O) groups is 1. The lowest BCUT2D eigenvalue weighted by Crippen LogP contribution is -2.22. The summed E-state index contributed by atoms with van der Waals surface area (Å²) in [5.41, 5.74) is 1.68. The molecule has 1 aromatic rings. The van der Waals surface area contributed by atoms with Gasteiger partial charge in [0.05, 0.1) is 12.5 Å². The van der Waals surface area contributed by atoms with Crippen molar-refractivity contribution < 1.29 is 22.7 Å². The van der Waals surface area contributed by atoms with E-state index in [1.807, 2.05) is 42.5 Å². The molecule has 0 heterocycles. The Labute approximate surface area is 174 Å². The molecule has 156 valence electrons. The summed E-state index contributed by atoms with van der Waals surface area (Å²) in [6, 6.07) is 9.99. The van der Waals surface area contributed by atoms with Crippen molar-refractivity contribution in [3.63, 3.8) is 0 Å². The van der Waals surface area contributed by atoms with Crippen molar-refractivity contribution in [3.05, 3.63) is 65.2 Å².